The van der Waals surface area contributed by atoms with Crippen molar-refractivity contribution in [2.75, 3.05) is 13.6 Å². The van der Waals surface area contributed by atoms with Crippen molar-refractivity contribution in [3.05, 3.63) is 40.0 Å². The van der Waals surface area contributed by atoms with Crippen LogP contribution in [0.4, 0.5) is 0 Å². The Balaban J connectivity index is 2.06. The normalized spacial score (nSPS) is 23.0. The van der Waals surface area contributed by atoms with E-state index in [0.29, 0.717) is 6.04 Å². The van der Waals surface area contributed by atoms with Crippen LogP contribution in [0.3, 0.4) is 0 Å². The van der Waals surface area contributed by atoms with Gasteiger partial charge in [-0.1, -0.05) is 18.2 Å². The first kappa shape index (κ1) is 10.8. The predicted octanol–water partition coefficient (Wildman–Crippen LogP) is 3.57. The van der Waals surface area contributed by atoms with Gasteiger partial charge in [0.25, 0.3) is 0 Å². The maximum Gasteiger partial charge on any atom is 0.0864 e. The number of halogens is 1. The molecule has 1 aromatic carbocycles. The first-order valence-corrected chi connectivity index (χ1v) is 7.25. The highest BCUT2D eigenvalue weighted by molar-refractivity contribution is 9.10. The van der Waals surface area contributed by atoms with E-state index in [1.165, 1.54) is 40.6 Å². The van der Waals surface area contributed by atoms with E-state index in [2.05, 4.69) is 57.1 Å². The Morgan fingerprint density at radius 2 is 2.28 bits per heavy atom. The van der Waals surface area contributed by atoms with Gasteiger partial charge < -0.3 is 4.98 Å². The van der Waals surface area contributed by atoms with E-state index < -0.39 is 0 Å². The average Bonchev–Trinajstić information content (AvgIpc) is 2.69. The molecule has 2 aromatic rings. The minimum absolute atomic E-state index is 0.545. The summed E-state index contributed by atoms with van der Waals surface area (Å²) in [7, 11) is 2.24. The van der Waals surface area contributed by atoms with Crippen LogP contribution >= 0.6 is 15.9 Å². The smallest absolute Gasteiger partial charge is 0.0864 e. The molecule has 0 fully saturated rings. The molecule has 2 aliphatic rings. The van der Waals surface area contributed by atoms with Crippen molar-refractivity contribution in [2.45, 2.75) is 18.9 Å². The number of nitrogens with one attached hydrogen (secondary N) is 1. The van der Waals surface area contributed by atoms with Gasteiger partial charge in [-0.05, 0) is 58.6 Å². The van der Waals surface area contributed by atoms with Gasteiger partial charge in [-0.2, -0.15) is 0 Å². The molecule has 0 saturated carbocycles. The fourth-order valence-electron chi connectivity index (χ4n) is 3.42. The lowest BCUT2D eigenvalue weighted by molar-refractivity contribution is 0.282. The Labute approximate surface area is 115 Å². The molecule has 1 aromatic heterocycles. The molecular formula is C15H15BrN2. The first-order chi connectivity index (χ1) is 8.75. The van der Waals surface area contributed by atoms with Crippen LogP contribution in [0.1, 0.15) is 17.5 Å². The van der Waals surface area contributed by atoms with E-state index in [-0.39, 0.29) is 0 Å². The van der Waals surface area contributed by atoms with Crippen LogP contribution in [0.25, 0.3) is 16.5 Å². The summed E-state index contributed by atoms with van der Waals surface area (Å²) in [6, 6.07) is 7.13. The lowest BCUT2D eigenvalue weighted by atomic mass is 9.82. The number of likely N-dealkylation sites (N-methyl/N-ethyl adjacent to an activating group) is 1. The monoisotopic (exact) mass is 302 g/mol. The van der Waals surface area contributed by atoms with Gasteiger partial charge in [-0.15, -0.1) is 0 Å². The van der Waals surface area contributed by atoms with Gasteiger partial charge >= 0.3 is 0 Å². The molecule has 3 heteroatoms. The highest BCUT2D eigenvalue weighted by Crippen LogP contribution is 2.42. The zero-order chi connectivity index (χ0) is 12.3. The highest BCUT2D eigenvalue weighted by atomic mass is 79.9. The van der Waals surface area contributed by atoms with Crippen LogP contribution in [0, 0.1) is 0 Å². The van der Waals surface area contributed by atoms with Crippen molar-refractivity contribution in [3.8, 4) is 0 Å². The maximum atomic E-state index is 3.68. The van der Waals surface area contributed by atoms with Gasteiger partial charge in [-0.25, -0.2) is 0 Å². The molecule has 0 radical (unpaired) electrons. The standard InChI is InChI=1S/C15H15BrN2/c1-18-7-3-5-9-10-4-2-6-12-14(10)11(8-13(9)18)15(16)17-12/h2,4-6,13,17H,3,7-8H2,1H3. The van der Waals surface area contributed by atoms with Crippen molar-refractivity contribution >= 4 is 32.4 Å². The molecule has 4 rings (SSSR count). The second kappa shape index (κ2) is 3.72. The van der Waals surface area contributed by atoms with E-state index in [0.717, 1.165) is 11.0 Å². The fourth-order valence-corrected chi connectivity index (χ4v) is 3.99. The van der Waals surface area contributed by atoms with Crippen molar-refractivity contribution in [3.63, 3.8) is 0 Å². The third kappa shape index (κ3) is 1.32. The van der Waals surface area contributed by atoms with E-state index in [4.69, 9.17) is 0 Å². The molecule has 0 bridgehead atoms. The second-order valence-electron chi connectivity index (χ2n) is 5.29. The zero-order valence-electron chi connectivity index (χ0n) is 10.3. The highest BCUT2D eigenvalue weighted by Gasteiger charge is 2.31. The van der Waals surface area contributed by atoms with Crippen LogP contribution in [0.5, 0.6) is 0 Å². The summed E-state index contributed by atoms with van der Waals surface area (Å²) in [5.74, 6) is 0. The SMILES string of the molecule is CN1CCC=C2c3cccc4[nH]c(Br)c(c34)CC21. The van der Waals surface area contributed by atoms with E-state index in [9.17, 15) is 0 Å². The molecule has 1 atom stereocenters. The first-order valence-electron chi connectivity index (χ1n) is 6.45. The third-order valence-corrected chi connectivity index (χ3v) is 5.00. The molecule has 92 valence electrons. The molecule has 18 heavy (non-hydrogen) atoms. The summed E-state index contributed by atoms with van der Waals surface area (Å²) in [6.07, 6.45) is 4.71. The van der Waals surface area contributed by atoms with Gasteiger partial charge in [0.1, 0.15) is 0 Å². The van der Waals surface area contributed by atoms with Crippen LogP contribution < -0.4 is 0 Å². The third-order valence-electron chi connectivity index (χ3n) is 4.32. The Morgan fingerprint density at radius 1 is 1.39 bits per heavy atom. The number of rotatable bonds is 0. The number of hydrogen-bond acceptors (Lipinski definition) is 1. The Morgan fingerprint density at radius 3 is 3.17 bits per heavy atom. The van der Waals surface area contributed by atoms with E-state index in [1.54, 1.807) is 0 Å². The van der Waals surface area contributed by atoms with Crippen LogP contribution in [-0.2, 0) is 6.42 Å². The summed E-state index contributed by atoms with van der Waals surface area (Å²) in [6.45, 7) is 1.17. The summed E-state index contributed by atoms with van der Waals surface area (Å²) in [5, 5.41) is 1.42. The molecule has 0 spiro atoms. The van der Waals surface area contributed by atoms with Crippen LogP contribution in [0.15, 0.2) is 28.9 Å². The molecule has 1 aliphatic heterocycles. The number of aromatic amines is 1. The molecule has 2 heterocycles. The summed E-state index contributed by atoms with van der Waals surface area (Å²) >= 11 is 3.68. The molecule has 0 saturated heterocycles. The van der Waals surface area contributed by atoms with Gasteiger partial charge in [-0.3, -0.25) is 4.90 Å². The topological polar surface area (TPSA) is 19.0 Å². The number of benzene rings is 1. The number of aromatic nitrogens is 1. The number of H-pyrrole nitrogens is 1. The minimum atomic E-state index is 0.545. The number of nitrogens with zero attached hydrogens (tertiary/aromatic N) is 1. The molecule has 0 amide bonds. The van der Waals surface area contributed by atoms with Gasteiger partial charge in [0.05, 0.1) is 4.60 Å². The van der Waals surface area contributed by atoms with Gasteiger partial charge in [0, 0.05) is 23.5 Å². The molecule has 1 unspecified atom stereocenters. The minimum Gasteiger partial charge on any atom is -0.349 e. The largest absolute Gasteiger partial charge is 0.349 e. The molecule has 2 nitrogen and oxygen atoms in total. The summed E-state index contributed by atoms with van der Waals surface area (Å²) < 4.78 is 1.16. The fraction of sp³-hybridized carbons (Fsp3) is 0.333. The van der Waals surface area contributed by atoms with Gasteiger partial charge in [0.15, 0.2) is 0 Å². The van der Waals surface area contributed by atoms with Crippen LogP contribution in [-0.4, -0.2) is 29.5 Å². The summed E-state index contributed by atoms with van der Waals surface area (Å²) in [5.41, 5.74) is 5.64. The average molecular weight is 303 g/mol. The predicted molar refractivity (Wildman–Crippen MR) is 78.7 cm³/mol. The molecule has 1 N–H and O–H groups in total. The van der Waals surface area contributed by atoms with Crippen molar-refractivity contribution in [1.82, 2.24) is 9.88 Å². The number of hydrogen-bond donors (Lipinski definition) is 1. The van der Waals surface area contributed by atoms with Crippen molar-refractivity contribution in [2.24, 2.45) is 0 Å². The summed E-state index contributed by atoms with van der Waals surface area (Å²) in [4.78, 5) is 5.94. The Bertz CT molecular complexity index is 668. The van der Waals surface area contributed by atoms with Crippen molar-refractivity contribution < 1.29 is 0 Å². The maximum absolute atomic E-state index is 3.68. The van der Waals surface area contributed by atoms with Crippen LogP contribution in [0.2, 0.25) is 0 Å². The molecule has 1 aliphatic carbocycles. The lowest BCUT2D eigenvalue weighted by Crippen LogP contribution is -2.39. The lowest BCUT2D eigenvalue weighted by Gasteiger charge is -2.37. The van der Waals surface area contributed by atoms with Gasteiger partial charge in [0.2, 0.25) is 0 Å². The van der Waals surface area contributed by atoms with Crippen molar-refractivity contribution in [1.29, 1.82) is 0 Å². The quantitative estimate of drug-likeness (QED) is 0.788. The van der Waals surface area contributed by atoms with E-state index in [1.807, 2.05) is 0 Å². The Hall–Kier alpha value is -1.06. The zero-order valence-corrected chi connectivity index (χ0v) is 11.9. The Kier molecular flexibility index (Phi) is 2.24. The second-order valence-corrected chi connectivity index (χ2v) is 6.09. The number of fused-ring (bicyclic) bond motifs is 2. The molecular weight excluding hydrogens is 288 g/mol. The van der Waals surface area contributed by atoms with E-state index >= 15 is 0 Å².